The molecule has 3 N–H and O–H groups in total. The fourth-order valence-electron chi connectivity index (χ4n) is 6.16. The van der Waals surface area contributed by atoms with Crippen LogP contribution in [0.25, 0.3) is 0 Å². The van der Waals surface area contributed by atoms with E-state index in [9.17, 15) is 12.8 Å². The van der Waals surface area contributed by atoms with Crippen molar-refractivity contribution in [3.63, 3.8) is 0 Å². The van der Waals surface area contributed by atoms with E-state index in [4.69, 9.17) is 23.8 Å². The normalized spacial score (nSPS) is 28.5. The summed E-state index contributed by atoms with van der Waals surface area (Å²) < 4.78 is 42.7. The second-order valence-corrected chi connectivity index (χ2v) is 12.0. The lowest BCUT2D eigenvalue weighted by atomic mass is 9.53. The van der Waals surface area contributed by atoms with Gasteiger partial charge in [0.25, 0.3) is 0 Å². The fraction of sp³-hybridized carbons (Fsp3) is 0.435. The second kappa shape index (κ2) is 8.24. The molecule has 4 saturated carbocycles. The molecule has 0 radical (unpaired) electrons. The van der Waals surface area contributed by atoms with Gasteiger partial charge >= 0.3 is 0 Å². The third-order valence-electron chi connectivity index (χ3n) is 6.99. The Morgan fingerprint density at radius 2 is 1.47 bits per heavy atom. The van der Waals surface area contributed by atoms with E-state index in [2.05, 4.69) is 15.4 Å². The van der Waals surface area contributed by atoms with Gasteiger partial charge in [-0.05, 0) is 111 Å². The average Bonchev–Trinajstić information content (AvgIpc) is 2.69. The van der Waals surface area contributed by atoms with E-state index in [1.807, 2.05) is 0 Å². The third-order valence-corrected chi connectivity index (χ3v) is 9.08. The molecule has 32 heavy (non-hydrogen) atoms. The molecule has 0 aromatic heterocycles. The van der Waals surface area contributed by atoms with E-state index in [0.29, 0.717) is 29.1 Å². The van der Waals surface area contributed by atoms with Crippen LogP contribution in [0.3, 0.4) is 0 Å². The summed E-state index contributed by atoms with van der Waals surface area (Å²) in [5.74, 6) is 1.50. The first-order valence-electron chi connectivity index (χ1n) is 10.9. The second-order valence-electron chi connectivity index (χ2n) is 9.54. The number of benzene rings is 2. The molecule has 4 fully saturated rings. The lowest BCUT2D eigenvalue weighted by Crippen LogP contribution is -2.59. The minimum Gasteiger partial charge on any atom is -0.332 e. The number of thiocarbonyl (C=S) groups is 1. The molecule has 0 heterocycles. The number of halogens is 2. The number of rotatable bonds is 5. The maximum absolute atomic E-state index is 13.3. The summed E-state index contributed by atoms with van der Waals surface area (Å²) in [7, 11) is -3.60. The predicted molar refractivity (Wildman–Crippen MR) is 129 cm³/mol. The largest absolute Gasteiger partial charge is 0.332 e. The minimum absolute atomic E-state index is 0.00103. The van der Waals surface area contributed by atoms with Crippen LogP contribution in [0.2, 0.25) is 5.02 Å². The van der Waals surface area contributed by atoms with Crippen LogP contribution in [0.15, 0.2) is 47.4 Å². The van der Waals surface area contributed by atoms with Crippen LogP contribution in [0.4, 0.5) is 15.8 Å². The first-order valence-corrected chi connectivity index (χ1v) is 13.1. The highest BCUT2D eigenvalue weighted by atomic mass is 35.5. The first kappa shape index (κ1) is 22.1. The summed E-state index contributed by atoms with van der Waals surface area (Å²) >= 11 is 11.1. The summed E-state index contributed by atoms with van der Waals surface area (Å²) in [6.45, 7) is 0. The van der Waals surface area contributed by atoms with Gasteiger partial charge in [0, 0.05) is 16.9 Å². The summed E-state index contributed by atoms with van der Waals surface area (Å²) in [4.78, 5) is 0.253. The zero-order valence-electron chi connectivity index (χ0n) is 17.4. The van der Waals surface area contributed by atoms with E-state index in [1.54, 1.807) is 24.3 Å². The number of anilines is 2. The Hall–Kier alpha value is -1.74. The Kier molecular flexibility index (Phi) is 5.68. The van der Waals surface area contributed by atoms with E-state index in [-0.39, 0.29) is 20.6 Å². The van der Waals surface area contributed by atoms with Crippen molar-refractivity contribution in [1.82, 2.24) is 4.72 Å². The third kappa shape index (κ3) is 4.51. The molecule has 0 atom stereocenters. The Labute approximate surface area is 198 Å². The van der Waals surface area contributed by atoms with Crippen molar-refractivity contribution in [1.29, 1.82) is 0 Å². The van der Waals surface area contributed by atoms with Crippen LogP contribution in [0.1, 0.15) is 38.5 Å². The maximum atomic E-state index is 13.3. The molecule has 2 aromatic carbocycles. The molecule has 4 aliphatic rings. The summed E-state index contributed by atoms with van der Waals surface area (Å²) in [5, 5.41) is 6.21. The lowest BCUT2D eigenvalue weighted by Gasteiger charge is -2.56. The zero-order valence-corrected chi connectivity index (χ0v) is 19.8. The molecule has 0 saturated heterocycles. The summed E-state index contributed by atoms with van der Waals surface area (Å²) in [5.41, 5.74) is 0.921. The molecular weight excluding hydrogens is 469 g/mol. The van der Waals surface area contributed by atoms with Gasteiger partial charge in [0.1, 0.15) is 5.82 Å². The van der Waals surface area contributed by atoms with Crippen LogP contribution >= 0.6 is 23.8 Å². The highest BCUT2D eigenvalue weighted by molar-refractivity contribution is 7.89. The van der Waals surface area contributed by atoms with Crippen molar-refractivity contribution < 1.29 is 12.8 Å². The predicted octanol–water partition coefficient (Wildman–Crippen LogP) is 5.54. The van der Waals surface area contributed by atoms with E-state index in [0.717, 1.165) is 19.3 Å². The van der Waals surface area contributed by atoms with Crippen molar-refractivity contribution in [2.24, 2.45) is 17.8 Å². The number of nitrogens with one attached hydrogen (secondary N) is 3. The van der Waals surface area contributed by atoms with Gasteiger partial charge in [0.05, 0.1) is 9.92 Å². The van der Waals surface area contributed by atoms with Crippen molar-refractivity contribution in [3.05, 3.63) is 53.3 Å². The van der Waals surface area contributed by atoms with Gasteiger partial charge in [-0.2, -0.15) is 0 Å². The number of hydrogen-bond donors (Lipinski definition) is 3. The highest BCUT2D eigenvalue weighted by Gasteiger charge is 2.52. The Morgan fingerprint density at radius 3 is 2.03 bits per heavy atom. The van der Waals surface area contributed by atoms with Gasteiger partial charge in [0.15, 0.2) is 5.11 Å². The van der Waals surface area contributed by atoms with E-state index in [1.165, 1.54) is 37.5 Å². The fourth-order valence-corrected chi connectivity index (χ4v) is 8.01. The molecule has 6 rings (SSSR count). The van der Waals surface area contributed by atoms with Gasteiger partial charge in [-0.1, -0.05) is 11.6 Å². The first-order chi connectivity index (χ1) is 15.2. The number of hydrogen-bond acceptors (Lipinski definition) is 3. The zero-order chi connectivity index (χ0) is 22.5. The van der Waals surface area contributed by atoms with Crippen molar-refractivity contribution in [2.45, 2.75) is 49.0 Å². The molecule has 0 amide bonds. The van der Waals surface area contributed by atoms with Gasteiger partial charge < -0.3 is 10.6 Å². The van der Waals surface area contributed by atoms with Crippen LogP contribution in [-0.2, 0) is 10.0 Å². The molecule has 4 aliphatic carbocycles. The van der Waals surface area contributed by atoms with Crippen LogP contribution in [0.5, 0.6) is 0 Å². The van der Waals surface area contributed by atoms with Crippen LogP contribution in [0, 0.1) is 23.6 Å². The number of sulfonamides is 1. The topological polar surface area (TPSA) is 70.2 Å². The summed E-state index contributed by atoms with van der Waals surface area (Å²) in [6.07, 6.45) is 6.68. The average molecular weight is 494 g/mol. The van der Waals surface area contributed by atoms with E-state index >= 15 is 0 Å². The Bertz CT molecular complexity index is 1120. The van der Waals surface area contributed by atoms with Gasteiger partial charge in [-0.25, -0.2) is 17.5 Å². The monoisotopic (exact) mass is 493 g/mol. The van der Waals surface area contributed by atoms with Crippen molar-refractivity contribution >= 4 is 50.3 Å². The molecule has 0 spiro atoms. The molecule has 5 nitrogen and oxygen atoms in total. The molecule has 9 heteroatoms. The van der Waals surface area contributed by atoms with Crippen molar-refractivity contribution in [3.8, 4) is 0 Å². The molecule has 4 bridgehead atoms. The SMILES string of the molecule is O=S(=O)(NC12CC3CC(CC(C3)C1)C2)c1ccc(NC(=S)Nc2ccc(F)c(Cl)c2)cc1. The van der Waals surface area contributed by atoms with Gasteiger partial charge in [0.2, 0.25) is 10.0 Å². The van der Waals surface area contributed by atoms with Gasteiger partial charge in [-0.3, -0.25) is 0 Å². The van der Waals surface area contributed by atoms with Crippen LogP contribution < -0.4 is 15.4 Å². The van der Waals surface area contributed by atoms with Crippen LogP contribution in [-0.4, -0.2) is 19.1 Å². The Balaban J connectivity index is 1.24. The Morgan fingerprint density at radius 1 is 0.938 bits per heavy atom. The molecule has 2 aromatic rings. The highest BCUT2D eigenvalue weighted by Crippen LogP contribution is 2.56. The van der Waals surface area contributed by atoms with Crippen molar-refractivity contribution in [2.75, 3.05) is 10.6 Å². The molecular formula is C23H25ClFN3O2S2. The van der Waals surface area contributed by atoms with Gasteiger partial charge in [-0.15, -0.1) is 0 Å². The smallest absolute Gasteiger partial charge is 0.241 e. The molecule has 170 valence electrons. The minimum atomic E-state index is -3.60. The van der Waals surface area contributed by atoms with E-state index < -0.39 is 15.8 Å². The lowest BCUT2D eigenvalue weighted by molar-refractivity contribution is -0.00810. The maximum Gasteiger partial charge on any atom is 0.241 e. The molecule has 0 aliphatic heterocycles. The quantitative estimate of drug-likeness (QED) is 0.477. The summed E-state index contributed by atoms with van der Waals surface area (Å²) in [6, 6.07) is 10.8. The molecule has 0 unspecified atom stereocenters. The standard InChI is InChI=1S/C23H25ClFN3O2S2/c24-20-10-18(3-6-21(20)25)27-22(31)26-17-1-4-19(5-2-17)32(29,30)28-23-11-14-7-15(12-23)9-16(8-14)13-23/h1-6,10,14-16,28H,7-9,11-13H2,(H2,26,27,31).